The van der Waals surface area contributed by atoms with E-state index in [-0.39, 0.29) is 35.3 Å². The van der Waals surface area contributed by atoms with Crippen LogP contribution < -0.4 is 10.1 Å². The van der Waals surface area contributed by atoms with Crippen LogP contribution in [-0.4, -0.2) is 37.7 Å². The molecule has 1 heterocycles. The number of rotatable bonds is 8. The number of esters is 2. The van der Waals surface area contributed by atoms with Crippen molar-refractivity contribution in [3.8, 4) is 5.75 Å². The zero-order valence-corrected chi connectivity index (χ0v) is 19.0. The number of ether oxygens (including phenoxy) is 3. The van der Waals surface area contributed by atoms with Gasteiger partial charge in [0.2, 0.25) is 0 Å². The van der Waals surface area contributed by atoms with E-state index in [1.807, 2.05) is 32.9 Å². The van der Waals surface area contributed by atoms with Crippen molar-refractivity contribution in [2.45, 2.75) is 41.5 Å². The maximum absolute atomic E-state index is 12.5. The van der Waals surface area contributed by atoms with Gasteiger partial charge in [-0.05, 0) is 63.8 Å². The Morgan fingerprint density at radius 1 is 0.900 bits per heavy atom. The minimum Gasteiger partial charge on any atom is -0.483 e. The highest BCUT2D eigenvalue weighted by atomic mass is 32.1. The van der Waals surface area contributed by atoms with Crippen LogP contribution in [0.4, 0.5) is 5.00 Å². The normalized spacial score (nSPS) is 10.5. The zero-order chi connectivity index (χ0) is 22.4. The number of benzene rings is 1. The Kier molecular flexibility index (Phi) is 8.00. The minimum atomic E-state index is -0.608. The molecule has 0 atom stereocenters. The van der Waals surface area contributed by atoms with E-state index in [9.17, 15) is 14.4 Å². The van der Waals surface area contributed by atoms with Crippen molar-refractivity contribution >= 4 is 34.2 Å². The highest BCUT2D eigenvalue weighted by molar-refractivity contribution is 7.18. The number of amides is 1. The first kappa shape index (κ1) is 23.4. The Bertz CT molecular complexity index is 963. The van der Waals surface area contributed by atoms with Crippen molar-refractivity contribution in [2.75, 3.05) is 25.1 Å². The summed E-state index contributed by atoms with van der Waals surface area (Å²) in [6.07, 6.45) is 0. The molecule has 8 heteroatoms. The monoisotopic (exact) mass is 433 g/mol. The first-order valence-electron chi connectivity index (χ1n) is 9.68. The summed E-state index contributed by atoms with van der Waals surface area (Å²) in [6.45, 7) is 11.0. The highest BCUT2D eigenvalue weighted by Crippen LogP contribution is 2.34. The van der Waals surface area contributed by atoms with E-state index in [0.29, 0.717) is 11.3 Å². The van der Waals surface area contributed by atoms with Gasteiger partial charge in [-0.2, -0.15) is 0 Å². The van der Waals surface area contributed by atoms with Crippen LogP contribution in [0.25, 0.3) is 0 Å². The molecule has 0 radical (unpaired) electrons. The van der Waals surface area contributed by atoms with Crippen LogP contribution in [0, 0.1) is 27.7 Å². The highest BCUT2D eigenvalue weighted by Gasteiger charge is 2.27. The fourth-order valence-corrected chi connectivity index (χ4v) is 3.99. The molecule has 162 valence electrons. The molecule has 1 amide bonds. The summed E-state index contributed by atoms with van der Waals surface area (Å²) in [5, 5.41) is 2.91. The number of carbonyl (C=O) groups is 3. The Labute approximate surface area is 180 Å². The predicted molar refractivity (Wildman–Crippen MR) is 116 cm³/mol. The standard InChI is InChI=1S/C22H27NO6S/c1-7-27-21(25)17-15(6)19(22(26)28-8-2)30-20(17)23-16(24)11-29-18-13(4)10-9-12(3)14(18)5/h9-10H,7-8,11H2,1-6H3,(H,23,24). The molecule has 0 aliphatic carbocycles. The number of aryl methyl sites for hydroxylation is 2. The summed E-state index contributed by atoms with van der Waals surface area (Å²) in [7, 11) is 0. The third kappa shape index (κ3) is 5.18. The summed E-state index contributed by atoms with van der Waals surface area (Å²) in [5.74, 6) is -0.945. The molecule has 0 bridgehead atoms. The average Bonchev–Trinajstić information content (AvgIpc) is 3.01. The molecule has 2 rings (SSSR count). The van der Waals surface area contributed by atoms with Gasteiger partial charge in [0.15, 0.2) is 6.61 Å². The molecule has 0 saturated carbocycles. The van der Waals surface area contributed by atoms with Gasteiger partial charge in [-0.3, -0.25) is 4.79 Å². The second kappa shape index (κ2) is 10.2. The number of hydrogen-bond acceptors (Lipinski definition) is 7. The van der Waals surface area contributed by atoms with E-state index in [0.717, 1.165) is 28.0 Å². The molecule has 30 heavy (non-hydrogen) atoms. The average molecular weight is 434 g/mol. The van der Waals surface area contributed by atoms with Crippen LogP contribution in [0.5, 0.6) is 5.75 Å². The number of carbonyl (C=O) groups excluding carboxylic acids is 3. The Balaban J connectivity index is 2.25. The summed E-state index contributed by atoms with van der Waals surface area (Å²) < 4.78 is 15.9. The van der Waals surface area contributed by atoms with E-state index in [4.69, 9.17) is 14.2 Å². The van der Waals surface area contributed by atoms with E-state index < -0.39 is 17.8 Å². The lowest BCUT2D eigenvalue weighted by atomic mass is 10.1. The quantitative estimate of drug-likeness (QED) is 0.622. The molecule has 0 aliphatic heterocycles. The van der Waals surface area contributed by atoms with Crippen LogP contribution in [0.1, 0.15) is 56.1 Å². The maximum atomic E-state index is 12.5. The molecule has 0 fully saturated rings. The molecule has 7 nitrogen and oxygen atoms in total. The van der Waals surface area contributed by atoms with Crippen molar-refractivity contribution in [2.24, 2.45) is 0 Å². The van der Waals surface area contributed by atoms with Crippen molar-refractivity contribution in [3.05, 3.63) is 44.8 Å². The molecular formula is C22H27NO6S. The molecule has 2 aromatic rings. The van der Waals surface area contributed by atoms with E-state index in [1.165, 1.54) is 0 Å². The van der Waals surface area contributed by atoms with Gasteiger partial charge in [-0.15, -0.1) is 11.3 Å². The zero-order valence-electron chi connectivity index (χ0n) is 18.1. The van der Waals surface area contributed by atoms with Gasteiger partial charge in [0.1, 0.15) is 15.6 Å². The lowest BCUT2D eigenvalue weighted by molar-refractivity contribution is -0.118. The van der Waals surface area contributed by atoms with Crippen molar-refractivity contribution < 1.29 is 28.6 Å². The van der Waals surface area contributed by atoms with E-state index in [2.05, 4.69) is 5.32 Å². The van der Waals surface area contributed by atoms with Gasteiger partial charge in [-0.25, -0.2) is 9.59 Å². The SMILES string of the molecule is CCOC(=O)c1sc(NC(=O)COc2c(C)ccc(C)c2C)c(C(=O)OCC)c1C. The summed E-state index contributed by atoms with van der Waals surface area (Å²) in [4.78, 5) is 37.4. The van der Waals surface area contributed by atoms with Gasteiger partial charge in [-0.1, -0.05) is 12.1 Å². The lowest BCUT2D eigenvalue weighted by Crippen LogP contribution is -2.21. The van der Waals surface area contributed by atoms with Gasteiger partial charge >= 0.3 is 11.9 Å². The van der Waals surface area contributed by atoms with Crippen LogP contribution in [0.2, 0.25) is 0 Å². The fraction of sp³-hybridized carbons (Fsp3) is 0.409. The van der Waals surface area contributed by atoms with Gasteiger partial charge in [0.25, 0.3) is 5.91 Å². The Morgan fingerprint density at radius 3 is 2.13 bits per heavy atom. The van der Waals surface area contributed by atoms with Gasteiger partial charge in [0.05, 0.1) is 18.8 Å². The second-order valence-electron chi connectivity index (χ2n) is 6.69. The van der Waals surface area contributed by atoms with Crippen LogP contribution in [0.15, 0.2) is 12.1 Å². The Hall–Kier alpha value is -2.87. The first-order valence-corrected chi connectivity index (χ1v) is 10.5. The van der Waals surface area contributed by atoms with Gasteiger partial charge in [0, 0.05) is 0 Å². The number of thiophene rings is 1. The topological polar surface area (TPSA) is 90.9 Å². The molecule has 1 aromatic heterocycles. The first-order chi connectivity index (χ1) is 14.2. The number of nitrogens with one attached hydrogen (secondary N) is 1. The number of hydrogen-bond donors (Lipinski definition) is 1. The smallest absolute Gasteiger partial charge is 0.348 e. The molecule has 0 spiro atoms. The summed E-state index contributed by atoms with van der Waals surface area (Å²) >= 11 is 0.984. The Morgan fingerprint density at radius 2 is 1.50 bits per heavy atom. The van der Waals surface area contributed by atoms with Crippen LogP contribution >= 0.6 is 11.3 Å². The molecule has 1 N–H and O–H groups in total. The number of anilines is 1. The molecule has 1 aromatic carbocycles. The van der Waals surface area contributed by atoms with E-state index >= 15 is 0 Å². The minimum absolute atomic E-state index is 0.154. The van der Waals surface area contributed by atoms with Crippen molar-refractivity contribution in [1.82, 2.24) is 0 Å². The maximum Gasteiger partial charge on any atom is 0.348 e. The molecule has 0 aliphatic rings. The fourth-order valence-electron chi connectivity index (χ4n) is 2.89. The third-order valence-corrected chi connectivity index (χ3v) is 5.75. The second-order valence-corrected chi connectivity index (χ2v) is 7.71. The molecule has 0 unspecified atom stereocenters. The summed E-state index contributed by atoms with van der Waals surface area (Å²) in [6, 6.07) is 3.93. The van der Waals surface area contributed by atoms with E-state index in [1.54, 1.807) is 20.8 Å². The summed E-state index contributed by atoms with van der Waals surface area (Å²) in [5.41, 5.74) is 3.52. The van der Waals surface area contributed by atoms with Crippen LogP contribution in [0.3, 0.4) is 0 Å². The molecule has 0 saturated heterocycles. The third-order valence-electron chi connectivity index (χ3n) is 4.56. The van der Waals surface area contributed by atoms with Crippen molar-refractivity contribution in [1.29, 1.82) is 0 Å². The van der Waals surface area contributed by atoms with Crippen LogP contribution in [-0.2, 0) is 14.3 Å². The largest absolute Gasteiger partial charge is 0.483 e. The molecular weight excluding hydrogens is 406 g/mol. The van der Waals surface area contributed by atoms with Gasteiger partial charge < -0.3 is 19.5 Å². The lowest BCUT2D eigenvalue weighted by Gasteiger charge is -2.14. The predicted octanol–water partition coefficient (Wildman–Crippen LogP) is 4.35. The van der Waals surface area contributed by atoms with Crippen molar-refractivity contribution in [3.63, 3.8) is 0 Å².